The van der Waals surface area contributed by atoms with Gasteiger partial charge in [0.15, 0.2) is 5.58 Å². The van der Waals surface area contributed by atoms with Crippen molar-refractivity contribution in [1.29, 1.82) is 0 Å². The minimum atomic E-state index is -0.0118. The van der Waals surface area contributed by atoms with Crippen LogP contribution in [0.25, 0.3) is 22.1 Å². The van der Waals surface area contributed by atoms with Crippen molar-refractivity contribution < 1.29 is 9.21 Å². The maximum Gasteiger partial charge on any atom is 0.230 e. The highest BCUT2D eigenvalue weighted by atomic mass is 32.2. The first kappa shape index (κ1) is 18.5. The molecule has 0 saturated heterocycles. The standard InChI is InChI=1S/C22H21N3O2S/c1-2-15(16-8-4-3-5-9-16)12-23-19(26)13-28-22-21-20(24-14-25-22)17-10-6-7-11-18(17)27-21/h3-11,14-15H,2,12-13H2,1H3,(H,23,26)/t15-/m1/s1. The van der Waals surface area contributed by atoms with Crippen molar-refractivity contribution in [2.75, 3.05) is 12.3 Å². The van der Waals surface area contributed by atoms with E-state index in [9.17, 15) is 4.79 Å². The molecule has 2 heterocycles. The highest BCUT2D eigenvalue weighted by Gasteiger charge is 2.15. The second kappa shape index (κ2) is 8.44. The lowest BCUT2D eigenvalue weighted by atomic mass is 9.96. The van der Waals surface area contributed by atoms with E-state index in [4.69, 9.17) is 4.42 Å². The molecular formula is C22H21N3O2S. The monoisotopic (exact) mass is 391 g/mol. The number of nitrogens with zero attached hydrogens (tertiary/aromatic N) is 2. The molecule has 0 unspecified atom stereocenters. The second-order valence-electron chi connectivity index (χ2n) is 6.56. The van der Waals surface area contributed by atoms with E-state index >= 15 is 0 Å². The van der Waals surface area contributed by atoms with Crippen molar-refractivity contribution in [1.82, 2.24) is 15.3 Å². The van der Waals surface area contributed by atoms with E-state index in [1.807, 2.05) is 42.5 Å². The minimum Gasteiger partial charge on any atom is -0.451 e. The van der Waals surface area contributed by atoms with Gasteiger partial charge in [-0.3, -0.25) is 4.79 Å². The molecule has 5 nitrogen and oxygen atoms in total. The lowest BCUT2D eigenvalue weighted by Crippen LogP contribution is -2.29. The van der Waals surface area contributed by atoms with Gasteiger partial charge in [-0.2, -0.15) is 0 Å². The Morgan fingerprint density at radius 1 is 1.11 bits per heavy atom. The molecule has 1 N–H and O–H groups in total. The zero-order chi connectivity index (χ0) is 19.3. The third-order valence-electron chi connectivity index (χ3n) is 4.77. The van der Waals surface area contributed by atoms with Gasteiger partial charge in [-0.15, -0.1) is 0 Å². The summed E-state index contributed by atoms with van der Waals surface area (Å²) >= 11 is 1.37. The van der Waals surface area contributed by atoms with Crippen molar-refractivity contribution in [2.24, 2.45) is 0 Å². The fourth-order valence-corrected chi connectivity index (χ4v) is 4.01. The number of carbonyl (C=O) groups excluding carboxylic acids is 1. The molecule has 4 aromatic rings. The number of rotatable bonds is 7. The zero-order valence-electron chi connectivity index (χ0n) is 15.6. The van der Waals surface area contributed by atoms with Gasteiger partial charge in [0.25, 0.3) is 0 Å². The Labute approximate surface area is 167 Å². The largest absolute Gasteiger partial charge is 0.451 e. The maximum absolute atomic E-state index is 12.4. The number of fused-ring (bicyclic) bond motifs is 3. The summed E-state index contributed by atoms with van der Waals surface area (Å²) in [5, 5.41) is 4.69. The molecule has 0 radical (unpaired) electrons. The van der Waals surface area contributed by atoms with E-state index in [-0.39, 0.29) is 11.7 Å². The fraction of sp³-hybridized carbons (Fsp3) is 0.227. The van der Waals surface area contributed by atoms with Gasteiger partial charge in [0.1, 0.15) is 22.5 Å². The van der Waals surface area contributed by atoms with Gasteiger partial charge >= 0.3 is 0 Å². The number of benzene rings is 2. The van der Waals surface area contributed by atoms with Crippen molar-refractivity contribution in [3.63, 3.8) is 0 Å². The summed E-state index contributed by atoms with van der Waals surface area (Å²) in [6, 6.07) is 18.0. The van der Waals surface area contributed by atoms with E-state index in [2.05, 4.69) is 34.3 Å². The van der Waals surface area contributed by atoms with E-state index in [0.29, 0.717) is 23.1 Å². The van der Waals surface area contributed by atoms with Crippen molar-refractivity contribution >= 4 is 39.7 Å². The summed E-state index contributed by atoms with van der Waals surface area (Å²) in [6.45, 7) is 2.77. The van der Waals surface area contributed by atoms with Gasteiger partial charge in [-0.05, 0) is 24.1 Å². The SMILES string of the molecule is CC[C@H](CNC(=O)CSc1ncnc2c1oc1ccccc12)c1ccccc1. The third-order valence-corrected chi connectivity index (χ3v) is 5.75. The van der Waals surface area contributed by atoms with Gasteiger partial charge in [0.05, 0.1) is 5.75 Å². The molecule has 142 valence electrons. The molecule has 0 aliphatic rings. The summed E-state index contributed by atoms with van der Waals surface area (Å²) < 4.78 is 5.91. The van der Waals surface area contributed by atoms with Crippen LogP contribution in [0.1, 0.15) is 24.8 Å². The quantitative estimate of drug-likeness (QED) is 0.363. The molecule has 1 amide bonds. The first-order valence-electron chi connectivity index (χ1n) is 9.33. The number of nitrogens with one attached hydrogen (secondary N) is 1. The lowest BCUT2D eigenvalue weighted by molar-refractivity contribution is -0.118. The van der Waals surface area contributed by atoms with Crippen LogP contribution in [-0.2, 0) is 4.79 Å². The first-order chi connectivity index (χ1) is 13.8. The molecule has 1 atom stereocenters. The molecule has 2 aromatic carbocycles. The van der Waals surface area contributed by atoms with Gasteiger partial charge in [0, 0.05) is 17.8 Å². The van der Waals surface area contributed by atoms with Gasteiger partial charge in [0.2, 0.25) is 5.91 Å². The first-order valence-corrected chi connectivity index (χ1v) is 10.3. The molecule has 0 fully saturated rings. The van der Waals surface area contributed by atoms with Crippen LogP contribution in [0.2, 0.25) is 0 Å². The number of amides is 1. The van der Waals surface area contributed by atoms with Crippen LogP contribution >= 0.6 is 11.8 Å². The zero-order valence-corrected chi connectivity index (χ0v) is 16.4. The van der Waals surface area contributed by atoms with Crippen LogP contribution in [0.15, 0.2) is 70.4 Å². The highest BCUT2D eigenvalue weighted by Crippen LogP contribution is 2.32. The van der Waals surface area contributed by atoms with Crippen LogP contribution in [-0.4, -0.2) is 28.2 Å². The van der Waals surface area contributed by atoms with Crippen LogP contribution < -0.4 is 5.32 Å². The number of furan rings is 1. The predicted molar refractivity (Wildman–Crippen MR) is 113 cm³/mol. The fourth-order valence-electron chi connectivity index (χ4n) is 3.25. The molecular weight excluding hydrogens is 370 g/mol. The number of thioether (sulfide) groups is 1. The average Bonchev–Trinajstić information content (AvgIpc) is 3.13. The Morgan fingerprint density at radius 3 is 2.71 bits per heavy atom. The molecule has 28 heavy (non-hydrogen) atoms. The van der Waals surface area contributed by atoms with Gasteiger partial charge in [-0.25, -0.2) is 9.97 Å². The predicted octanol–water partition coefficient (Wildman–Crippen LogP) is 4.78. The molecule has 0 saturated carbocycles. The Morgan fingerprint density at radius 2 is 1.89 bits per heavy atom. The van der Waals surface area contributed by atoms with Gasteiger partial charge in [-0.1, -0.05) is 61.2 Å². The Balaban J connectivity index is 1.41. The minimum absolute atomic E-state index is 0.0118. The second-order valence-corrected chi connectivity index (χ2v) is 7.53. The summed E-state index contributed by atoms with van der Waals surface area (Å²) in [5.41, 5.74) is 3.44. The number of aromatic nitrogens is 2. The Bertz CT molecular complexity index is 1090. The van der Waals surface area contributed by atoms with Crippen LogP contribution in [0, 0.1) is 0 Å². The highest BCUT2D eigenvalue weighted by molar-refractivity contribution is 8.00. The molecule has 0 spiro atoms. The van der Waals surface area contributed by atoms with Crippen molar-refractivity contribution in [3.8, 4) is 0 Å². The summed E-state index contributed by atoms with van der Waals surface area (Å²) in [5.74, 6) is 0.590. The number of carbonyl (C=O) groups is 1. The van der Waals surface area contributed by atoms with Crippen molar-refractivity contribution in [2.45, 2.75) is 24.3 Å². The molecule has 0 bridgehead atoms. The summed E-state index contributed by atoms with van der Waals surface area (Å²) in [7, 11) is 0. The van der Waals surface area contributed by atoms with E-state index < -0.39 is 0 Å². The van der Waals surface area contributed by atoms with Crippen molar-refractivity contribution in [3.05, 3.63) is 66.5 Å². The maximum atomic E-state index is 12.4. The number of hydrogen-bond donors (Lipinski definition) is 1. The molecule has 0 aliphatic carbocycles. The average molecular weight is 391 g/mol. The van der Waals surface area contributed by atoms with Gasteiger partial charge < -0.3 is 9.73 Å². The Kier molecular flexibility index (Phi) is 5.58. The molecule has 6 heteroatoms. The van der Waals surface area contributed by atoms with Crippen LogP contribution in [0.4, 0.5) is 0 Å². The van der Waals surface area contributed by atoms with E-state index in [1.165, 1.54) is 23.7 Å². The van der Waals surface area contributed by atoms with E-state index in [1.54, 1.807) is 0 Å². The molecule has 4 rings (SSSR count). The molecule has 2 aromatic heterocycles. The number of hydrogen-bond acceptors (Lipinski definition) is 5. The summed E-state index contributed by atoms with van der Waals surface area (Å²) in [6.07, 6.45) is 2.50. The van der Waals surface area contributed by atoms with Crippen LogP contribution in [0.5, 0.6) is 0 Å². The summed E-state index contributed by atoms with van der Waals surface area (Å²) in [4.78, 5) is 21.0. The smallest absolute Gasteiger partial charge is 0.230 e. The normalized spacial score (nSPS) is 12.3. The van der Waals surface area contributed by atoms with E-state index in [0.717, 1.165) is 22.9 Å². The number of para-hydroxylation sites is 1. The lowest BCUT2D eigenvalue weighted by Gasteiger charge is -2.16. The topological polar surface area (TPSA) is 68.0 Å². The van der Waals surface area contributed by atoms with Crippen LogP contribution in [0.3, 0.4) is 0 Å². The molecule has 0 aliphatic heterocycles. The Hall–Kier alpha value is -2.86. The third kappa shape index (κ3) is 3.87.